The molecular weight excluding hydrogens is 244 g/mol. The molecule has 1 atom stereocenters. The Balaban J connectivity index is 1.95. The van der Waals surface area contributed by atoms with Gasteiger partial charge in [-0.2, -0.15) is 0 Å². The second kappa shape index (κ2) is 7.82. The van der Waals surface area contributed by atoms with Gasteiger partial charge in [0, 0.05) is 12.6 Å². The molecule has 1 unspecified atom stereocenters. The summed E-state index contributed by atoms with van der Waals surface area (Å²) in [5.41, 5.74) is 5.59. The van der Waals surface area contributed by atoms with Gasteiger partial charge >= 0.3 is 0 Å². The average molecular weight is 270 g/mol. The molecule has 5 heteroatoms. The van der Waals surface area contributed by atoms with E-state index >= 15 is 0 Å². The van der Waals surface area contributed by atoms with E-state index in [1.807, 2.05) is 4.90 Å². The van der Waals surface area contributed by atoms with Crippen LogP contribution in [0.25, 0.3) is 0 Å². The Morgan fingerprint density at radius 2 is 2.00 bits per heavy atom. The molecule has 0 bridgehead atoms. The zero-order valence-corrected chi connectivity index (χ0v) is 11.7. The summed E-state index contributed by atoms with van der Waals surface area (Å²) in [6.07, 6.45) is 6.41. The van der Waals surface area contributed by atoms with Gasteiger partial charge < -0.3 is 20.1 Å². The minimum atomic E-state index is -0.409. The molecule has 0 aromatic heterocycles. The zero-order valence-electron chi connectivity index (χ0n) is 11.7. The number of carbonyl (C=O) groups excluding carboxylic acids is 1. The molecule has 0 spiro atoms. The van der Waals surface area contributed by atoms with Gasteiger partial charge in [0.1, 0.15) is 0 Å². The molecule has 2 aliphatic rings. The van der Waals surface area contributed by atoms with Gasteiger partial charge in [-0.3, -0.25) is 4.79 Å². The first-order valence-corrected chi connectivity index (χ1v) is 7.53. The molecule has 5 nitrogen and oxygen atoms in total. The first-order chi connectivity index (χ1) is 9.33. The van der Waals surface area contributed by atoms with E-state index in [1.54, 1.807) is 0 Å². The lowest BCUT2D eigenvalue weighted by Gasteiger charge is -2.37. The van der Waals surface area contributed by atoms with Crippen LogP contribution >= 0.6 is 0 Å². The molecule has 1 saturated heterocycles. The van der Waals surface area contributed by atoms with Gasteiger partial charge in [-0.05, 0) is 25.8 Å². The predicted octanol–water partition coefficient (Wildman–Crippen LogP) is 0.912. The van der Waals surface area contributed by atoms with E-state index in [4.69, 9.17) is 15.2 Å². The number of hydrogen-bond acceptors (Lipinski definition) is 4. The van der Waals surface area contributed by atoms with Crippen molar-refractivity contribution in [3.8, 4) is 0 Å². The molecule has 1 heterocycles. The molecular formula is C14H26N2O3. The fourth-order valence-corrected chi connectivity index (χ4v) is 2.94. The molecule has 1 aliphatic carbocycles. The lowest BCUT2D eigenvalue weighted by atomic mass is 9.93. The molecule has 0 aromatic carbocycles. The fourth-order valence-electron chi connectivity index (χ4n) is 2.94. The van der Waals surface area contributed by atoms with Gasteiger partial charge in [-0.1, -0.05) is 19.3 Å². The van der Waals surface area contributed by atoms with E-state index in [2.05, 4.69) is 0 Å². The van der Waals surface area contributed by atoms with Crippen LogP contribution in [0.2, 0.25) is 0 Å². The summed E-state index contributed by atoms with van der Waals surface area (Å²) in [5.74, 6) is 0.0973. The standard InChI is InChI=1S/C14H26N2O3/c15-7-4-8-16(12-5-2-1-3-6-12)14(17)13-11-18-9-10-19-13/h12-13H,1-11,15H2. The maximum absolute atomic E-state index is 12.6. The van der Waals surface area contributed by atoms with Crippen molar-refractivity contribution in [3.63, 3.8) is 0 Å². The number of nitrogens with zero attached hydrogens (tertiary/aromatic N) is 1. The van der Waals surface area contributed by atoms with Crippen molar-refractivity contribution in [1.82, 2.24) is 4.90 Å². The number of hydrogen-bond donors (Lipinski definition) is 1. The van der Waals surface area contributed by atoms with Crippen LogP contribution in [0.15, 0.2) is 0 Å². The van der Waals surface area contributed by atoms with Crippen LogP contribution in [0.4, 0.5) is 0 Å². The SMILES string of the molecule is NCCCN(C(=O)C1COCCO1)C1CCCCC1. The highest BCUT2D eigenvalue weighted by Gasteiger charge is 2.32. The lowest BCUT2D eigenvalue weighted by Crippen LogP contribution is -2.50. The van der Waals surface area contributed by atoms with Crippen molar-refractivity contribution in [3.05, 3.63) is 0 Å². The van der Waals surface area contributed by atoms with Crippen LogP contribution in [0.3, 0.4) is 0 Å². The normalized spacial score (nSPS) is 25.2. The third-order valence-electron chi connectivity index (χ3n) is 3.99. The molecule has 1 amide bonds. The maximum Gasteiger partial charge on any atom is 0.254 e. The smallest absolute Gasteiger partial charge is 0.254 e. The summed E-state index contributed by atoms with van der Waals surface area (Å²) in [5, 5.41) is 0. The molecule has 0 aromatic rings. The molecule has 2 rings (SSSR count). The van der Waals surface area contributed by atoms with E-state index in [9.17, 15) is 4.79 Å². The summed E-state index contributed by atoms with van der Waals surface area (Å²) in [6, 6.07) is 0.373. The van der Waals surface area contributed by atoms with E-state index in [-0.39, 0.29) is 5.91 Å². The molecule has 19 heavy (non-hydrogen) atoms. The lowest BCUT2D eigenvalue weighted by molar-refractivity contribution is -0.160. The quantitative estimate of drug-likeness (QED) is 0.806. The third kappa shape index (κ3) is 4.16. The number of carbonyl (C=O) groups is 1. The van der Waals surface area contributed by atoms with Crippen LogP contribution in [0.5, 0.6) is 0 Å². The molecule has 1 saturated carbocycles. The highest BCUT2D eigenvalue weighted by Crippen LogP contribution is 2.24. The summed E-state index contributed by atoms with van der Waals surface area (Å²) in [7, 11) is 0. The predicted molar refractivity (Wildman–Crippen MR) is 72.8 cm³/mol. The van der Waals surface area contributed by atoms with Crippen molar-refractivity contribution in [2.75, 3.05) is 32.9 Å². The molecule has 2 fully saturated rings. The number of rotatable bonds is 5. The van der Waals surface area contributed by atoms with Gasteiger partial charge in [0.25, 0.3) is 5.91 Å². The highest BCUT2D eigenvalue weighted by molar-refractivity contribution is 5.81. The van der Waals surface area contributed by atoms with E-state index in [1.165, 1.54) is 19.3 Å². The molecule has 1 aliphatic heterocycles. The summed E-state index contributed by atoms with van der Waals surface area (Å²) >= 11 is 0. The fraction of sp³-hybridized carbons (Fsp3) is 0.929. The van der Waals surface area contributed by atoms with E-state index < -0.39 is 6.10 Å². The Bertz CT molecular complexity index is 274. The maximum atomic E-state index is 12.6. The van der Waals surface area contributed by atoms with Crippen molar-refractivity contribution in [1.29, 1.82) is 0 Å². The first kappa shape index (κ1) is 14.8. The monoisotopic (exact) mass is 270 g/mol. The van der Waals surface area contributed by atoms with Crippen molar-refractivity contribution in [2.45, 2.75) is 50.7 Å². The molecule has 2 N–H and O–H groups in total. The van der Waals surface area contributed by atoms with Crippen LogP contribution in [0, 0.1) is 0 Å². The molecule has 110 valence electrons. The largest absolute Gasteiger partial charge is 0.376 e. The van der Waals surface area contributed by atoms with Crippen LogP contribution in [0.1, 0.15) is 38.5 Å². The Labute approximate surface area is 115 Å². The van der Waals surface area contributed by atoms with E-state index in [0.29, 0.717) is 32.4 Å². The highest BCUT2D eigenvalue weighted by atomic mass is 16.6. The number of ether oxygens (including phenoxy) is 2. The number of nitrogens with two attached hydrogens (primary N) is 1. The topological polar surface area (TPSA) is 64.8 Å². The van der Waals surface area contributed by atoms with Crippen LogP contribution in [-0.4, -0.2) is 55.9 Å². The van der Waals surface area contributed by atoms with Crippen molar-refractivity contribution >= 4 is 5.91 Å². The van der Waals surface area contributed by atoms with Gasteiger partial charge in [-0.15, -0.1) is 0 Å². The minimum absolute atomic E-state index is 0.0973. The second-order valence-corrected chi connectivity index (χ2v) is 5.40. The third-order valence-corrected chi connectivity index (χ3v) is 3.99. The number of amides is 1. The second-order valence-electron chi connectivity index (χ2n) is 5.40. The Morgan fingerprint density at radius 1 is 1.21 bits per heavy atom. The van der Waals surface area contributed by atoms with Gasteiger partial charge in [0.15, 0.2) is 6.10 Å². The van der Waals surface area contributed by atoms with Gasteiger partial charge in [0.05, 0.1) is 19.8 Å². The Kier molecular flexibility index (Phi) is 6.07. The molecule has 0 radical (unpaired) electrons. The van der Waals surface area contributed by atoms with Crippen molar-refractivity contribution in [2.24, 2.45) is 5.73 Å². The summed E-state index contributed by atoms with van der Waals surface area (Å²) < 4.78 is 10.9. The minimum Gasteiger partial charge on any atom is -0.376 e. The summed E-state index contributed by atoms with van der Waals surface area (Å²) in [6.45, 7) is 2.88. The Hall–Kier alpha value is -0.650. The average Bonchev–Trinajstić information content (AvgIpc) is 2.49. The van der Waals surface area contributed by atoms with Crippen LogP contribution in [-0.2, 0) is 14.3 Å². The first-order valence-electron chi connectivity index (χ1n) is 7.53. The zero-order chi connectivity index (χ0) is 13.5. The van der Waals surface area contributed by atoms with Gasteiger partial charge in [0.2, 0.25) is 0 Å². The van der Waals surface area contributed by atoms with Gasteiger partial charge in [-0.25, -0.2) is 0 Å². The Morgan fingerprint density at radius 3 is 2.63 bits per heavy atom. The van der Waals surface area contributed by atoms with Crippen molar-refractivity contribution < 1.29 is 14.3 Å². The summed E-state index contributed by atoms with van der Waals surface area (Å²) in [4.78, 5) is 14.6. The van der Waals surface area contributed by atoms with Crippen LogP contribution < -0.4 is 5.73 Å². The van der Waals surface area contributed by atoms with E-state index in [0.717, 1.165) is 25.8 Å².